The molecule has 82 heavy (non-hydrogen) atoms. The third-order valence-corrected chi connectivity index (χ3v) is 16.8. The topological polar surface area (TPSA) is 305 Å². The number of esters is 1. The van der Waals surface area contributed by atoms with Crippen LogP contribution in [-0.4, -0.2) is 296 Å². The number of ether oxygens (including phenoxy) is 1. The van der Waals surface area contributed by atoms with Crippen LogP contribution in [0.4, 0.5) is 0 Å². The maximum atomic E-state index is 13.0. The van der Waals surface area contributed by atoms with Gasteiger partial charge >= 0.3 is 5.97 Å². The first-order chi connectivity index (χ1) is 37.6. The summed E-state index contributed by atoms with van der Waals surface area (Å²) in [7, 11) is 16.6. The average molecular weight is 1200 g/mol. The van der Waals surface area contributed by atoms with E-state index in [0.29, 0.717) is 6.42 Å². The van der Waals surface area contributed by atoms with Gasteiger partial charge in [0.25, 0.3) is 0 Å². The zero-order chi connectivity index (χ0) is 63.7. The lowest BCUT2D eigenvalue weighted by molar-refractivity contribution is -0.148. The molecule has 0 aromatic rings. The predicted octanol–water partition coefficient (Wildman–Crippen LogP) is -1.28. The Labute approximate surface area is 491 Å². The number of Topliss-reactive ketones (excluding diaryl/α,β-unsaturated/α-hetero) is 1. The average Bonchev–Trinajstić information content (AvgIpc) is 3.37. The molecule has 0 aromatic heterocycles. The van der Waals surface area contributed by atoms with Crippen molar-refractivity contribution < 1.29 is 71.9 Å². The largest absolute Gasteiger partial charge is 0.464 e. The minimum absolute atomic E-state index is 0.0524. The highest BCUT2D eigenvalue weighted by atomic mass is 33.1. The van der Waals surface area contributed by atoms with Crippen LogP contribution in [0.2, 0.25) is 0 Å². The van der Waals surface area contributed by atoms with Crippen molar-refractivity contribution in [3.8, 4) is 0 Å². The van der Waals surface area contributed by atoms with Crippen molar-refractivity contribution in [1.29, 1.82) is 0 Å². The van der Waals surface area contributed by atoms with E-state index in [4.69, 9.17) is 4.74 Å². The summed E-state index contributed by atoms with van der Waals surface area (Å²) in [6.45, 7) is 12.4. The number of nitrogens with zero attached hydrogens (tertiary/aromatic N) is 10. The molecule has 0 rings (SSSR count). The minimum Gasteiger partial charge on any atom is -0.464 e. The number of ketones is 1. The summed E-state index contributed by atoms with van der Waals surface area (Å²) in [5.41, 5.74) is 0. The number of hydrogen-bond donors (Lipinski definition) is 2. The SMILES string of the molecule is CC(C)C(=O)OCC(C)(C)SSC(C)(C)CCC(=O)NCCC(=O)N(C)CC(=O)N(C)CC(=O)N(C)CC(=O)N(C)CC(=O)N(C)CC(=O)N(C)CC(=O)N(C)CC(=O)N(C)CC(=O)N(C)CC(=O)N(C)CC(=O)N[C@@H](C)C(=O)C(C)C. The summed E-state index contributed by atoms with van der Waals surface area (Å²) in [4.78, 5) is 189. The Kier molecular flexibility index (Phi) is 32.6. The number of amides is 12. The fraction of sp³-hybridized carbons (Fsp3) is 0.736. The molecule has 0 aliphatic rings. The first kappa shape index (κ1) is 75.5. The summed E-state index contributed by atoms with van der Waals surface area (Å²) >= 11 is 0. The van der Waals surface area contributed by atoms with Gasteiger partial charge in [0, 0.05) is 101 Å². The monoisotopic (exact) mass is 1200 g/mol. The molecule has 2 N–H and O–H groups in total. The second kappa shape index (κ2) is 35.5. The van der Waals surface area contributed by atoms with Gasteiger partial charge < -0.3 is 64.4 Å². The predicted molar refractivity (Wildman–Crippen MR) is 310 cm³/mol. The van der Waals surface area contributed by atoms with Crippen LogP contribution in [0.5, 0.6) is 0 Å². The van der Waals surface area contributed by atoms with Gasteiger partial charge in [-0.25, -0.2) is 0 Å². The van der Waals surface area contributed by atoms with Crippen LogP contribution in [0.3, 0.4) is 0 Å². The lowest BCUT2D eigenvalue weighted by atomic mass is 10.0. The quantitative estimate of drug-likeness (QED) is 0.0552. The fourth-order valence-electron chi connectivity index (χ4n) is 6.57. The Balaban J connectivity index is 4.86. The molecular formula is C53H92N12O15S2. The van der Waals surface area contributed by atoms with E-state index >= 15 is 0 Å². The van der Waals surface area contributed by atoms with E-state index in [1.807, 2.05) is 27.7 Å². The number of hydrogen-bond acceptors (Lipinski definition) is 17. The maximum Gasteiger partial charge on any atom is 0.308 e. The van der Waals surface area contributed by atoms with Gasteiger partial charge in [-0.3, -0.25) is 67.1 Å². The molecule has 466 valence electrons. The van der Waals surface area contributed by atoms with E-state index in [9.17, 15) is 67.1 Å². The van der Waals surface area contributed by atoms with Gasteiger partial charge in [0.05, 0.1) is 82.2 Å². The van der Waals surface area contributed by atoms with Crippen molar-refractivity contribution in [3.05, 3.63) is 0 Å². The molecule has 0 bridgehead atoms. The molecular weight excluding hydrogens is 1110 g/mol. The summed E-state index contributed by atoms with van der Waals surface area (Å²) < 4.78 is 4.77. The van der Waals surface area contributed by atoms with E-state index in [-0.39, 0.29) is 78.1 Å². The van der Waals surface area contributed by atoms with E-state index < -0.39 is 123 Å². The second-order valence-electron chi connectivity index (χ2n) is 22.4. The molecule has 0 unspecified atom stereocenters. The third kappa shape index (κ3) is 29.5. The molecule has 29 heteroatoms. The van der Waals surface area contributed by atoms with Crippen LogP contribution in [0.1, 0.15) is 81.6 Å². The number of nitrogens with one attached hydrogen (secondary N) is 2. The normalized spacial score (nSPS) is 11.6. The molecule has 0 aromatic carbocycles. The van der Waals surface area contributed by atoms with Crippen LogP contribution in [0, 0.1) is 11.8 Å². The van der Waals surface area contributed by atoms with E-state index in [1.165, 1.54) is 75.4 Å². The molecule has 0 heterocycles. The molecule has 0 saturated carbocycles. The Hall–Kier alpha value is -6.52. The molecule has 0 aliphatic heterocycles. The van der Waals surface area contributed by atoms with E-state index in [2.05, 4.69) is 10.6 Å². The van der Waals surface area contributed by atoms with Crippen LogP contribution in [0.15, 0.2) is 0 Å². The van der Waals surface area contributed by atoms with E-state index in [1.54, 1.807) is 56.2 Å². The maximum absolute atomic E-state index is 13.0. The van der Waals surface area contributed by atoms with Gasteiger partial charge in [0.2, 0.25) is 70.9 Å². The molecule has 12 amide bonds. The van der Waals surface area contributed by atoms with Crippen LogP contribution >= 0.6 is 21.6 Å². The summed E-state index contributed by atoms with van der Waals surface area (Å²) in [5.74, 6) is -7.69. The zero-order valence-electron chi connectivity index (χ0n) is 51.8. The van der Waals surface area contributed by atoms with Crippen LogP contribution in [-0.2, 0) is 71.9 Å². The van der Waals surface area contributed by atoms with Crippen molar-refractivity contribution in [2.24, 2.45) is 11.8 Å². The lowest BCUT2D eigenvalue weighted by Crippen LogP contribution is -2.49. The molecule has 0 spiro atoms. The highest BCUT2D eigenvalue weighted by molar-refractivity contribution is 8.77. The zero-order valence-corrected chi connectivity index (χ0v) is 53.4. The highest BCUT2D eigenvalue weighted by Crippen LogP contribution is 2.45. The van der Waals surface area contributed by atoms with Gasteiger partial charge in [-0.2, -0.15) is 0 Å². The van der Waals surface area contributed by atoms with Gasteiger partial charge in [-0.05, 0) is 41.0 Å². The smallest absolute Gasteiger partial charge is 0.308 e. The Bertz CT molecular complexity index is 2300. The van der Waals surface area contributed by atoms with Crippen molar-refractivity contribution in [3.63, 3.8) is 0 Å². The van der Waals surface area contributed by atoms with Crippen LogP contribution in [0.25, 0.3) is 0 Å². The number of rotatable bonds is 35. The molecule has 0 radical (unpaired) electrons. The van der Waals surface area contributed by atoms with Crippen molar-refractivity contribution in [2.75, 3.05) is 149 Å². The second-order valence-corrected chi connectivity index (χ2v) is 25.9. The molecule has 27 nitrogen and oxygen atoms in total. The third-order valence-electron chi connectivity index (χ3n) is 12.5. The molecule has 0 aliphatic carbocycles. The van der Waals surface area contributed by atoms with Gasteiger partial charge in [0.15, 0.2) is 5.78 Å². The fourth-order valence-corrected chi connectivity index (χ4v) is 9.06. The molecule has 0 fully saturated rings. The Morgan fingerprint density at radius 2 is 0.659 bits per heavy atom. The Morgan fingerprint density at radius 3 is 0.951 bits per heavy atom. The van der Waals surface area contributed by atoms with Crippen molar-refractivity contribution in [1.82, 2.24) is 59.6 Å². The van der Waals surface area contributed by atoms with Gasteiger partial charge in [-0.1, -0.05) is 49.3 Å². The van der Waals surface area contributed by atoms with Gasteiger partial charge in [0.1, 0.15) is 6.61 Å². The van der Waals surface area contributed by atoms with Crippen molar-refractivity contribution in [2.45, 2.75) is 97.1 Å². The number of carbonyl (C=O) groups excluding carboxylic acids is 14. The van der Waals surface area contributed by atoms with Crippen LogP contribution < -0.4 is 10.6 Å². The first-order valence-corrected chi connectivity index (χ1v) is 28.8. The summed E-state index contributed by atoms with van der Waals surface area (Å²) in [6, 6.07) is -0.741. The van der Waals surface area contributed by atoms with E-state index in [0.717, 1.165) is 44.1 Å². The lowest BCUT2D eigenvalue weighted by Gasteiger charge is -2.29. The van der Waals surface area contributed by atoms with Crippen molar-refractivity contribution >= 4 is 104 Å². The summed E-state index contributed by atoms with van der Waals surface area (Å²) in [6.07, 6.45) is 0.700. The first-order valence-electron chi connectivity index (χ1n) is 26.6. The molecule has 1 atom stereocenters. The highest BCUT2D eigenvalue weighted by Gasteiger charge is 2.30. The minimum atomic E-state index is -0.741. The standard InChI is InChI=1S/C53H92N12O15S2/c1-35(2)50(78)37(5)55-39(67)24-56(10)41(69)26-58(12)43(71)28-60(14)45(73)30-62(16)47(75)32-64(18)49(77)33-65(19)48(76)31-63(17)46(74)29-61(15)44(72)27-59(13)42(70)25-57(11)40(68)21-23-54-38(66)20-22-52(6,7)81-82-53(8,9)34-80-51(79)36(3)4/h35-37H,20-34H2,1-19H3,(H,54,66)(H,55,67)/t37-/m0/s1. The van der Waals surface area contributed by atoms with Gasteiger partial charge in [-0.15, -0.1) is 0 Å². The number of likely N-dealkylation sites (N-methyl/N-ethyl adjacent to an activating group) is 10. The summed E-state index contributed by atoms with van der Waals surface area (Å²) in [5, 5.41) is 5.28. The number of carbonyl (C=O) groups is 14. The molecule has 0 saturated heterocycles. The Morgan fingerprint density at radius 1 is 0.378 bits per heavy atom.